The van der Waals surface area contributed by atoms with Gasteiger partial charge in [0, 0.05) is 13.6 Å². The van der Waals surface area contributed by atoms with Crippen LogP contribution in [0.4, 0.5) is 0 Å². The van der Waals surface area contributed by atoms with Gasteiger partial charge in [0.05, 0.1) is 19.2 Å². The molecule has 0 radical (unpaired) electrons. The molecule has 1 aromatic rings. The molecule has 0 aliphatic carbocycles. The van der Waals surface area contributed by atoms with Gasteiger partial charge in [-0.05, 0) is 6.92 Å². The normalized spacial score (nSPS) is 11.6. The first kappa shape index (κ1) is 16.1. The number of aromatic carboxylic acids is 1. The van der Waals surface area contributed by atoms with Crippen LogP contribution in [0.15, 0.2) is 11.2 Å². The summed E-state index contributed by atoms with van der Waals surface area (Å²) < 4.78 is 29.8. The van der Waals surface area contributed by atoms with Crippen molar-refractivity contribution in [1.29, 1.82) is 0 Å². The van der Waals surface area contributed by atoms with Gasteiger partial charge in [0.2, 0.25) is 0 Å². The molecule has 10 heteroatoms. The van der Waals surface area contributed by atoms with Crippen molar-refractivity contribution >= 4 is 22.0 Å². The third kappa shape index (κ3) is 3.54. The topological polar surface area (TPSA) is 130 Å². The molecule has 0 fully saturated rings. The largest absolute Gasteiger partial charge is 0.478 e. The number of hydrogen-bond acceptors (Lipinski definition) is 6. The Morgan fingerprint density at radius 3 is 2.70 bits per heavy atom. The number of ether oxygens (including phenoxy) is 1. The third-order valence-corrected chi connectivity index (χ3v) is 4.27. The zero-order valence-electron chi connectivity index (χ0n) is 11.0. The SMILES string of the molecule is CCOC(=O)CCN(C)S(=O)(=O)c1[nH]ncc1C(=O)O. The Bertz CT molecular complexity index is 594. The molecule has 0 aliphatic rings. The van der Waals surface area contributed by atoms with Crippen LogP contribution in [0.1, 0.15) is 23.7 Å². The molecular formula is C10H15N3O6S. The molecule has 0 spiro atoms. The second-order valence-electron chi connectivity index (χ2n) is 3.80. The van der Waals surface area contributed by atoms with Gasteiger partial charge in [0.15, 0.2) is 5.03 Å². The van der Waals surface area contributed by atoms with Gasteiger partial charge >= 0.3 is 11.9 Å². The number of nitrogens with one attached hydrogen (secondary N) is 1. The van der Waals surface area contributed by atoms with Crippen molar-refractivity contribution in [2.45, 2.75) is 18.4 Å². The summed E-state index contributed by atoms with van der Waals surface area (Å²) in [4.78, 5) is 22.1. The van der Waals surface area contributed by atoms with Crippen molar-refractivity contribution in [2.24, 2.45) is 0 Å². The van der Waals surface area contributed by atoms with E-state index in [0.717, 1.165) is 10.5 Å². The second-order valence-corrected chi connectivity index (χ2v) is 5.78. The van der Waals surface area contributed by atoms with Crippen LogP contribution in [0.25, 0.3) is 0 Å². The van der Waals surface area contributed by atoms with Crippen LogP contribution in [-0.2, 0) is 19.6 Å². The molecule has 112 valence electrons. The van der Waals surface area contributed by atoms with Crippen molar-refractivity contribution in [2.75, 3.05) is 20.2 Å². The van der Waals surface area contributed by atoms with E-state index >= 15 is 0 Å². The number of sulfonamides is 1. The molecule has 0 aliphatic heterocycles. The van der Waals surface area contributed by atoms with Crippen LogP contribution in [0.2, 0.25) is 0 Å². The lowest BCUT2D eigenvalue weighted by atomic mass is 10.4. The van der Waals surface area contributed by atoms with Crippen molar-refractivity contribution in [3.63, 3.8) is 0 Å². The molecular weight excluding hydrogens is 290 g/mol. The average Bonchev–Trinajstić information content (AvgIpc) is 2.86. The first-order valence-corrected chi connectivity index (χ1v) is 7.13. The predicted octanol–water partition coefficient (Wildman–Crippen LogP) is -0.318. The van der Waals surface area contributed by atoms with Crippen LogP contribution in [0, 0.1) is 0 Å². The Balaban J connectivity index is 2.85. The minimum atomic E-state index is -4.06. The smallest absolute Gasteiger partial charge is 0.340 e. The van der Waals surface area contributed by atoms with Crippen LogP contribution < -0.4 is 0 Å². The van der Waals surface area contributed by atoms with Crippen molar-refractivity contribution in [3.8, 4) is 0 Å². The monoisotopic (exact) mass is 305 g/mol. The summed E-state index contributed by atoms with van der Waals surface area (Å²) in [6.07, 6.45) is 0.786. The molecule has 0 bridgehead atoms. The molecule has 9 nitrogen and oxygen atoms in total. The number of aromatic nitrogens is 2. The highest BCUT2D eigenvalue weighted by Gasteiger charge is 2.29. The molecule has 0 atom stereocenters. The average molecular weight is 305 g/mol. The van der Waals surface area contributed by atoms with Crippen molar-refractivity contribution in [3.05, 3.63) is 11.8 Å². The van der Waals surface area contributed by atoms with Crippen LogP contribution in [0.3, 0.4) is 0 Å². The van der Waals surface area contributed by atoms with E-state index in [1.807, 2.05) is 0 Å². The van der Waals surface area contributed by atoms with Crippen molar-refractivity contribution < 1.29 is 27.9 Å². The minimum Gasteiger partial charge on any atom is -0.478 e. The molecule has 0 aromatic carbocycles. The molecule has 0 unspecified atom stereocenters. The number of carbonyl (C=O) groups excluding carboxylic acids is 1. The maximum absolute atomic E-state index is 12.1. The van der Waals surface area contributed by atoms with Crippen LogP contribution in [0.5, 0.6) is 0 Å². The fraction of sp³-hybridized carbons (Fsp3) is 0.500. The lowest BCUT2D eigenvalue weighted by Gasteiger charge is -2.15. The molecule has 2 N–H and O–H groups in total. The maximum atomic E-state index is 12.1. The van der Waals surface area contributed by atoms with Gasteiger partial charge in [-0.1, -0.05) is 0 Å². The number of aromatic amines is 1. The standard InChI is InChI=1S/C10H15N3O6S/c1-3-19-8(14)4-5-13(2)20(17,18)9-7(10(15)16)6-11-12-9/h6H,3-5H2,1-2H3,(H,11,12)(H,15,16). The number of carboxylic acid groups (broad SMARTS) is 1. The molecule has 1 heterocycles. The Labute approximate surface area is 115 Å². The Morgan fingerprint density at radius 2 is 2.15 bits per heavy atom. The highest BCUT2D eigenvalue weighted by atomic mass is 32.2. The number of esters is 1. The Morgan fingerprint density at radius 1 is 1.50 bits per heavy atom. The fourth-order valence-electron chi connectivity index (χ4n) is 1.38. The van der Waals surface area contributed by atoms with Crippen LogP contribution in [-0.4, -0.2) is 60.2 Å². The van der Waals surface area contributed by atoms with E-state index in [-0.39, 0.29) is 19.6 Å². The highest BCUT2D eigenvalue weighted by molar-refractivity contribution is 7.89. The lowest BCUT2D eigenvalue weighted by Crippen LogP contribution is -2.30. The summed E-state index contributed by atoms with van der Waals surface area (Å²) in [5.41, 5.74) is -0.451. The van der Waals surface area contributed by atoms with E-state index < -0.39 is 32.6 Å². The number of carbonyl (C=O) groups is 2. The zero-order chi connectivity index (χ0) is 15.3. The third-order valence-electron chi connectivity index (χ3n) is 2.44. The van der Waals surface area contributed by atoms with Gasteiger partial charge in [-0.3, -0.25) is 9.89 Å². The highest BCUT2D eigenvalue weighted by Crippen LogP contribution is 2.16. The molecule has 0 amide bonds. The first-order valence-electron chi connectivity index (χ1n) is 5.69. The molecule has 1 rings (SSSR count). The van der Waals surface area contributed by atoms with Gasteiger partial charge in [0.1, 0.15) is 5.56 Å². The summed E-state index contributed by atoms with van der Waals surface area (Å²) >= 11 is 0. The molecule has 0 saturated carbocycles. The van der Waals surface area contributed by atoms with Gasteiger partial charge < -0.3 is 9.84 Å². The summed E-state index contributed by atoms with van der Waals surface area (Å²) in [6.45, 7) is 1.72. The van der Waals surface area contributed by atoms with E-state index in [9.17, 15) is 18.0 Å². The number of nitrogens with zero attached hydrogens (tertiary/aromatic N) is 2. The summed E-state index contributed by atoms with van der Waals surface area (Å²) in [7, 11) is -2.82. The number of carboxylic acids is 1. The molecule has 1 aromatic heterocycles. The summed E-state index contributed by atoms with van der Waals surface area (Å²) in [6, 6.07) is 0. The lowest BCUT2D eigenvalue weighted by molar-refractivity contribution is -0.143. The van der Waals surface area contributed by atoms with E-state index in [1.165, 1.54) is 7.05 Å². The van der Waals surface area contributed by atoms with Gasteiger partial charge in [-0.25, -0.2) is 13.2 Å². The number of rotatable bonds is 7. The maximum Gasteiger partial charge on any atom is 0.340 e. The van der Waals surface area contributed by atoms with Crippen LogP contribution >= 0.6 is 0 Å². The number of hydrogen-bond donors (Lipinski definition) is 2. The minimum absolute atomic E-state index is 0.125. The van der Waals surface area contributed by atoms with E-state index in [0.29, 0.717) is 0 Å². The first-order chi connectivity index (χ1) is 9.30. The van der Waals surface area contributed by atoms with E-state index in [2.05, 4.69) is 14.9 Å². The van der Waals surface area contributed by atoms with Gasteiger partial charge in [0.25, 0.3) is 10.0 Å². The van der Waals surface area contributed by atoms with Gasteiger partial charge in [-0.15, -0.1) is 0 Å². The van der Waals surface area contributed by atoms with Gasteiger partial charge in [-0.2, -0.15) is 9.40 Å². The second kappa shape index (κ2) is 6.48. The summed E-state index contributed by atoms with van der Waals surface area (Å²) in [5, 5.41) is 13.9. The quantitative estimate of drug-likeness (QED) is 0.660. The predicted molar refractivity (Wildman–Crippen MR) is 66.6 cm³/mol. The fourth-order valence-corrected chi connectivity index (χ4v) is 2.61. The Hall–Kier alpha value is -1.94. The van der Waals surface area contributed by atoms with Crippen molar-refractivity contribution in [1.82, 2.24) is 14.5 Å². The van der Waals surface area contributed by atoms with E-state index in [1.54, 1.807) is 6.92 Å². The zero-order valence-corrected chi connectivity index (χ0v) is 11.8. The Kier molecular flexibility index (Phi) is 5.22. The van der Waals surface area contributed by atoms with E-state index in [4.69, 9.17) is 5.11 Å². The number of H-pyrrole nitrogens is 1. The molecule has 0 saturated heterocycles. The summed E-state index contributed by atoms with van der Waals surface area (Å²) in [5.74, 6) is -1.94. The molecule has 20 heavy (non-hydrogen) atoms.